The fourth-order valence-corrected chi connectivity index (χ4v) is 4.46. The van der Waals surface area contributed by atoms with E-state index in [9.17, 15) is 27.2 Å². The van der Waals surface area contributed by atoms with Gasteiger partial charge in [-0.25, -0.2) is 9.07 Å². The van der Waals surface area contributed by atoms with E-state index < -0.39 is 25.3 Å². The first-order valence-electron chi connectivity index (χ1n) is 12.9. The molecule has 2 N–H and O–H groups in total. The summed E-state index contributed by atoms with van der Waals surface area (Å²) in [7, 11) is 0. The Kier molecular flexibility index (Phi) is 10.3. The number of nitrogens with one attached hydrogen (secondary N) is 2. The quantitative estimate of drug-likeness (QED) is 0.316. The van der Waals surface area contributed by atoms with Crippen LogP contribution in [-0.4, -0.2) is 72.1 Å². The van der Waals surface area contributed by atoms with Gasteiger partial charge in [0.2, 0.25) is 0 Å². The number of amides is 2. The van der Waals surface area contributed by atoms with Gasteiger partial charge in [-0.05, 0) is 55.2 Å². The van der Waals surface area contributed by atoms with Crippen molar-refractivity contribution < 1.29 is 36.6 Å². The van der Waals surface area contributed by atoms with E-state index in [1.54, 1.807) is 5.32 Å². The zero-order chi connectivity index (χ0) is 28.6. The minimum Gasteiger partial charge on any atom is -0.489 e. The largest absolute Gasteiger partial charge is 0.489 e. The van der Waals surface area contributed by atoms with Crippen LogP contribution in [-0.2, 0) is 4.74 Å². The van der Waals surface area contributed by atoms with Gasteiger partial charge >= 0.3 is 6.18 Å². The van der Waals surface area contributed by atoms with Crippen LogP contribution in [0.1, 0.15) is 67.3 Å². The lowest BCUT2D eigenvalue weighted by atomic mass is 9.71. The average Bonchev–Trinajstić information content (AvgIpc) is 3.37. The predicted molar refractivity (Wildman–Crippen MR) is 135 cm³/mol. The number of benzene rings is 1. The number of nitrogens with zero attached hydrogens (tertiary/aromatic N) is 3. The summed E-state index contributed by atoms with van der Waals surface area (Å²) in [6.45, 7) is 4.43. The van der Waals surface area contributed by atoms with Crippen molar-refractivity contribution in [3.8, 4) is 11.4 Å². The highest BCUT2D eigenvalue weighted by molar-refractivity contribution is 5.95. The molecular weight excluding hydrogens is 522 g/mol. The van der Waals surface area contributed by atoms with Crippen molar-refractivity contribution in [3.05, 3.63) is 35.7 Å². The van der Waals surface area contributed by atoms with Crippen LogP contribution in [0.2, 0.25) is 0 Å². The summed E-state index contributed by atoms with van der Waals surface area (Å²) in [5, 5.41) is 12.8. The Morgan fingerprint density at radius 3 is 2.41 bits per heavy atom. The highest BCUT2D eigenvalue weighted by Gasteiger charge is 2.31. The van der Waals surface area contributed by atoms with E-state index in [-0.39, 0.29) is 54.2 Å². The monoisotopic (exact) mass is 557 g/mol. The molecule has 0 aliphatic heterocycles. The van der Waals surface area contributed by atoms with Crippen molar-refractivity contribution in [1.29, 1.82) is 0 Å². The van der Waals surface area contributed by atoms with Gasteiger partial charge in [0.25, 0.3) is 11.8 Å². The number of ether oxygens (including phenoxy) is 2. The second-order valence-electron chi connectivity index (χ2n) is 10.6. The number of carbonyl (C=O) groups is 2. The highest BCUT2D eigenvalue weighted by Crippen LogP contribution is 2.37. The van der Waals surface area contributed by atoms with Crippen LogP contribution in [0.25, 0.3) is 5.69 Å². The van der Waals surface area contributed by atoms with Crippen LogP contribution < -0.4 is 15.4 Å². The third-order valence-corrected chi connectivity index (χ3v) is 6.64. The molecule has 1 aliphatic carbocycles. The van der Waals surface area contributed by atoms with Gasteiger partial charge in [0.15, 0.2) is 5.69 Å². The van der Waals surface area contributed by atoms with Gasteiger partial charge in [-0.15, -0.1) is 5.10 Å². The van der Waals surface area contributed by atoms with E-state index in [0.29, 0.717) is 11.6 Å². The summed E-state index contributed by atoms with van der Waals surface area (Å²) in [4.78, 5) is 25.1. The highest BCUT2D eigenvalue weighted by atomic mass is 19.4. The van der Waals surface area contributed by atoms with Gasteiger partial charge in [-0.3, -0.25) is 9.59 Å². The first kappa shape index (κ1) is 30.3. The molecule has 216 valence electrons. The second-order valence-corrected chi connectivity index (χ2v) is 10.6. The topological polar surface area (TPSA) is 107 Å². The summed E-state index contributed by atoms with van der Waals surface area (Å²) in [6, 6.07) is 4.03. The van der Waals surface area contributed by atoms with E-state index in [2.05, 4.69) is 36.4 Å². The molecule has 0 unspecified atom stereocenters. The molecular formula is C26H35F4N5O4. The molecule has 0 saturated heterocycles. The van der Waals surface area contributed by atoms with Gasteiger partial charge in [-0.2, -0.15) is 13.2 Å². The minimum absolute atomic E-state index is 0.0279. The van der Waals surface area contributed by atoms with Crippen molar-refractivity contribution in [2.75, 3.05) is 33.0 Å². The standard InChI is InChI=1S/C26H35F4N5O4/c1-25(2,3)18-5-7-19(8-6-18)32-24(37)20-15-35(34-33-20)21-9-4-17(23(36)31-16-26(28,29)30)14-22(21)39-13-12-38-11-10-27/h4,9,14-15,18-19H,5-8,10-13,16H2,1-3H3,(H,31,36)(H,32,37). The Hall–Kier alpha value is -3.22. The molecule has 0 spiro atoms. The van der Waals surface area contributed by atoms with Crippen LogP contribution in [0.3, 0.4) is 0 Å². The number of carbonyl (C=O) groups excluding carboxylic acids is 2. The summed E-state index contributed by atoms with van der Waals surface area (Å²) >= 11 is 0. The smallest absolute Gasteiger partial charge is 0.405 e. The van der Waals surface area contributed by atoms with Crippen molar-refractivity contribution in [2.24, 2.45) is 11.3 Å². The Bertz CT molecular complexity index is 1110. The van der Waals surface area contributed by atoms with Crippen molar-refractivity contribution in [1.82, 2.24) is 25.6 Å². The van der Waals surface area contributed by atoms with E-state index >= 15 is 0 Å². The SMILES string of the molecule is CC(C)(C)C1CCC(NC(=O)c2cn(-c3ccc(C(=O)NCC(F)(F)F)cc3OCCOCCF)nn2)CC1. The normalized spacial score (nSPS) is 18.0. The van der Waals surface area contributed by atoms with E-state index in [1.807, 2.05) is 0 Å². The molecule has 13 heteroatoms. The maximum atomic E-state index is 12.8. The Morgan fingerprint density at radius 2 is 1.77 bits per heavy atom. The summed E-state index contributed by atoms with van der Waals surface area (Å²) < 4.78 is 61.8. The zero-order valence-corrected chi connectivity index (χ0v) is 22.3. The lowest BCUT2D eigenvalue weighted by Gasteiger charge is -2.37. The van der Waals surface area contributed by atoms with Crippen LogP contribution in [0, 0.1) is 11.3 Å². The van der Waals surface area contributed by atoms with Gasteiger partial charge < -0.3 is 20.1 Å². The molecule has 1 aliphatic rings. The lowest BCUT2D eigenvalue weighted by Crippen LogP contribution is -2.39. The van der Waals surface area contributed by atoms with Gasteiger partial charge in [0, 0.05) is 11.6 Å². The summed E-state index contributed by atoms with van der Waals surface area (Å²) in [6.07, 6.45) is 0.650. The number of hydrogen-bond acceptors (Lipinski definition) is 6. The van der Waals surface area contributed by atoms with Crippen LogP contribution in [0.5, 0.6) is 5.75 Å². The Morgan fingerprint density at radius 1 is 1.05 bits per heavy atom. The molecule has 1 saturated carbocycles. The number of halogens is 4. The molecule has 1 aromatic heterocycles. The molecule has 2 aromatic rings. The summed E-state index contributed by atoms with van der Waals surface area (Å²) in [5.41, 5.74) is 0.527. The molecule has 2 amide bonds. The zero-order valence-electron chi connectivity index (χ0n) is 22.3. The first-order chi connectivity index (χ1) is 18.4. The third kappa shape index (κ3) is 9.19. The minimum atomic E-state index is -4.56. The van der Waals surface area contributed by atoms with Crippen LogP contribution >= 0.6 is 0 Å². The average molecular weight is 558 g/mol. The predicted octanol–water partition coefficient (Wildman–Crippen LogP) is 4.26. The maximum absolute atomic E-state index is 12.8. The van der Waals surface area contributed by atoms with Crippen LogP contribution in [0.4, 0.5) is 17.6 Å². The van der Waals surface area contributed by atoms with Crippen molar-refractivity contribution >= 4 is 11.8 Å². The lowest BCUT2D eigenvalue weighted by molar-refractivity contribution is -0.123. The molecule has 1 fully saturated rings. The molecule has 3 rings (SSSR count). The number of alkyl halides is 4. The van der Waals surface area contributed by atoms with Crippen LogP contribution in [0.15, 0.2) is 24.4 Å². The number of hydrogen-bond donors (Lipinski definition) is 2. The van der Waals surface area contributed by atoms with E-state index in [4.69, 9.17) is 9.47 Å². The maximum Gasteiger partial charge on any atom is 0.405 e. The van der Waals surface area contributed by atoms with Gasteiger partial charge in [0.1, 0.15) is 31.3 Å². The Balaban J connectivity index is 1.71. The molecule has 1 heterocycles. The molecule has 0 atom stereocenters. The number of aromatic nitrogens is 3. The van der Waals surface area contributed by atoms with E-state index in [0.717, 1.165) is 25.7 Å². The second kappa shape index (κ2) is 13.2. The van der Waals surface area contributed by atoms with Gasteiger partial charge in [0.05, 0.1) is 19.4 Å². The van der Waals surface area contributed by atoms with Crippen molar-refractivity contribution in [2.45, 2.75) is 58.7 Å². The van der Waals surface area contributed by atoms with E-state index in [1.165, 1.54) is 29.1 Å². The fourth-order valence-electron chi connectivity index (χ4n) is 4.46. The van der Waals surface area contributed by atoms with Crippen molar-refractivity contribution in [3.63, 3.8) is 0 Å². The molecule has 9 nitrogen and oxygen atoms in total. The Labute approximate surface area is 224 Å². The summed E-state index contributed by atoms with van der Waals surface area (Å²) in [5.74, 6) is -0.621. The molecule has 0 radical (unpaired) electrons. The number of rotatable bonds is 11. The first-order valence-corrected chi connectivity index (χ1v) is 12.9. The molecule has 39 heavy (non-hydrogen) atoms. The molecule has 0 bridgehead atoms. The van der Waals surface area contributed by atoms with Gasteiger partial charge in [-0.1, -0.05) is 26.0 Å². The fraction of sp³-hybridized carbons (Fsp3) is 0.615. The molecule has 1 aromatic carbocycles. The third-order valence-electron chi connectivity index (χ3n) is 6.64.